The first-order chi connectivity index (χ1) is 6.79. The van der Waals surface area contributed by atoms with Crippen LogP contribution in [-0.4, -0.2) is 18.2 Å². The van der Waals surface area contributed by atoms with Crippen molar-refractivity contribution in [1.29, 1.82) is 0 Å². The Labute approximate surface area is 85.0 Å². The Morgan fingerprint density at radius 1 is 1.64 bits per heavy atom. The first kappa shape index (κ1) is 10.6. The third kappa shape index (κ3) is 1.89. The van der Waals surface area contributed by atoms with E-state index < -0.39 is 0 Å². The van der Waals surface area contributed by atoms with E-state index in [2.05, 4.69) is 17.8 Å². The first-order valence-corrected chi connectivity index (χ1v) is 4.61. The molecule has 0 amide bonds. The third-order valence-corrected chi connectivity index (χ3v) is 2.57. The highest BCUT2D eigenvalue weighted by atomic mass is 16.2. The van der Waals surface area contributed by atoms with Crippen molar-refractivity contribution in [2.24, 2.45) is 5.41 Å². The number of aliphatic hydroxyl groups excluding tert-OH is 1. The van der Waals surface area contributed by atoms with Crippen LogP contribution in [-0.2, 0) is 0 Å². The molecule has 0 bridgehead atoms. The number of allylic oxidation sites excluding steroid dienone is 3. The SMILES string of the molecule is C#CC1(/C(C=C)=C/C=C/O)CCNC1. The second-order valence-electron chi connectivity index (χ2n) is 3.32. The Hall–Kier alpha value is -1.46. The van der Waals surface area contributed by atoms with Gasteiger partial charge in [-0.05, 0) is 24.6 Å². The summed E-state index contributed by atoms with van der Waals surface area (Å²) in [7, 11) is 0. The van der Waals surface area contributed by atoms with Crippen molar-refractivity contribution in [2.45, 2.75) is 6.42 Å². The average molecular weight is 189 g/mol. The van der Waals surface area contributed by atoms with Crippen molar-refractivity contribution in [2.75, 3.05) is 13.1 Å². The number of aliphatic hydroxyl groups is 1. The maximum atomic E-state index is 8.58. The van der Waals surface area contributed by atoms with Gasteiger partial charge >= 0.3 is 0 Å². The van der Waals surface area contributed by atoms with Gasteiger partial charge in [0.05, 0.1) is 11.7 Å². The van der Waals surface area contributed by atoms with Gasteiger partial charge in [-0.3, -0.25) is 0 Å². The van der Waals surface area contributed by atoms with Crippen LogP contribution >= 0.6 is 0 Å². The molecule has 14 heavy (non-hydrogen) atoms. The molecule has 1 fully saturated rings. The molecule has 0 aromatic rings. The van der Waals surface area contributed by atoms with Crippen LogP contribution in [0.2, 0.25) is 0 Å². The molecular weight excluding hydrogens is 174 g/mol. The summed E-state index contributed by atoms with van der Waals surface area (Å²) in [5.74, 6) is 2.82. The molecule has 0 spiro atoms. The fourth-order valence-electron chi connectivity index (χ4n) is 1.71. The van der Waals surface area contributed by atoms with Crippen LogP contribution in [0.25, 0.3) is 0 Å². The van der Waals surface area contributed by atoms with Crippen LogP contribution in [0.15, 0.2) is 36.6 Å². The van der Waals surface area contributed by atoms with Gasteiger partial charge in [0, 0.05) is 6.54 Å². The molecule has 1 heterocycles. The summed E-state index contributed by atoms with van der Waals surface area (Å²) in [6.45, 7) is 5.45. The molecule has 0 aromatic heterocycles. The number of hydrogen-bond donors (Lipinski definition) is 2. The van der Waals surface area contributed by atoms with Crippen molar-refractivity contribution in [3.05, 3.63) is 36.6 Å². The zero-order chi connectivity index (χ0) is 10.4. The highest BCUT2D eigenvalue weighted by molar-refractivity contribution is 5.38. The van der Waals surface area contributed by atoms with E-state index in [0.717, 1.165) is 31.3 Å². The minimum atomic E-state index is -0.249. The van der Waals surface area contributed by atoms with Crippen LogP contribution in [0, 0.1) is 17.8 Å². The summed E-state index contributed by atoms with van der Waals surface area (Å²) in [5, 5.41) is 11.8. The third-order valence-electron chi connectivity index (χ3n) is 2.57. The summed E-state index contributed by atoms with van der Waals surface area (Å²) < 4.78 is 0. The molecule has 1 aliphatic rings. The molecule has 2 heteroatoms. The van der Waals surface area contributed by atoms with Gasteiger partial charge in [-0.1, -0.05) is 24.7 Å². The van der Waals surface area contributed by atoms with Crippen molar-refractivity contribution in [3.63, 3.8) is 0 Å². The van der Waals surface area contributed by atoms with E-state index in [0.29, 0.717) is 0 Å². The van der Waals surface area contributed by atoms with E-state index in [4.69, 9.17) is 11.5 Å². The molecule has 74 valence electrons. The summed E-state index contributed by atoms with van der Waals surface area (Å²) in [6.07, 6.45) is 12.6. The van der Waals surface area contributed by atoms with Crippen molar-refractivity contribution >= 4 is 0 Å². The molecule has 1 rings (SSSR count). The van der Waals surface area contributed by atoms with E-state index in [1.807, 2.05) is 0 Å². The lowest BCUT2D eigenvalue weighted by Gasteiger charge is -2.22. The van der Waals surface area contributed by atoms with E-state index in [9.17, 15) is 0 Å². The largest absolute Gasteiger partial charge is 0.516 e. The van der Waals surface area contributed by atoms with Gasteiger partial charge in [-0.15, -0.1) is 6.42 Å². The van der Waals surface area contributed by atoms with E-state index in [-0.39, 0.29) is 5.41 Å². The number of rotatable bonds is 3. The molecule has 0 aromatic carbocycles. The molecule has 0 saturated carbocycles. The Kier molecular flexibility index (Phi) is 3.55. The van der Waals surface area contributed by atoms with E-state index in [1.54, 1.807) is 18.2 Å². The van der Waals surface area contributed by atoms with E-state index in [1.165, 1.54) is 0 Å². The maximum Gasteiger partial charge on any atom is 0.0791 e. The minimum absolute atomic E-state index is 0.249. The zero-order valence-corrected chi connectivity index (χ0v) is 8.16. The first-order valence-electron chi connectivity index (χ1n) is 4.61. The molecule has 1 atom stereocenters. The van der Waals surface area contributed by atoms with Crippen LogP contribution < -0.4 is 5.32 Å². The zero-order valence-electron chi connectivity index (χ0n) is 8.16. The average Bonchev–Trinajstić information content (AvgIpc) is 2.69. The molecule has 2 nitrogen and oxygen atoms in total. The number of nitrogens with one attached hydrogen (secondary N) is 1. The van der Waals surface area contributed by atoms with Crippen LogP contribution in [0.1, 0.15) is 6.42 Å². The van der Waals surface area contributed by atoms with Crippen molar-refractivity contribution < 1.29 is 5.11 Å². The predicted molar refractivity (Wildman–Crippen MR) is 58.8 cm³/mol. The minimum Gasteiger partial charge on any atom is -0.516 e. The lowest BCUT2D eigenvalue weighted by molar-refractivity contribution is 0.473. The normalized spacial score (nSPS) is 27.8. The van der Waals surface area contributed by atoms with Gasteiger partial charge in [0.1, 0.15) is 0 Å². The van der Waals surface area contributed by atoms with Gasteiger partial charge in [0.15, 0.2) is 0 Å². The van der Waals surface area contributed by atoms with Crippen LogP contribution in [0.3, 0.4) is 0 Å². The predicted octanol–water partition coefficient (Wildman–Crippen LogP) is 1.78. The smallest absolute Gasteiger partial charge is 0.0791 e. The number of hydrogen-bond acceptors (Lipinski definition) is 2. The van der Waals surface area contributed by atoms with Gasteiger partial charge in [0.25, 0.3) is 0 Å². The fraction of sp³-hybridized carbons (Fsp3) is 0.333. The summed E-state index contributed by atoms with van der Waals surface area (Å²) in [6, 6.07) is 0. The standard InChI is InChI=1S/C12H15NO/c1-3-11(6-5-9-14)12(4-2)7-8-13-10-12/h2-3,5-6,9,13-14H,1,7-8,10H2/b9-5+,11-6+. The molecule has 1 saturated heterocycles. The van der Waals surface area contributed by atoms with Crippen LogP contribution in [0.5, 0.6) is 0 Å². The fourth-order valence-corrected chi connectivity index (χ4v) is 1.71. The quantitative estimate of drug-likeness (QED) is 0.403. The Morgan fingerprint density at radius 3 is 2.86 bits per heavy atom. The molecular formula is C12H15NO. The second-order valence-corrected chi connectivity index (χ2v) is 3.32. The van der Waals surface area contributed by atoms with Gasteiger partial charge in [0.2, 0.25) is 0 Å². The Balaban J connectivity index is 2.97. The highest BCUT2D eigenvalue weighted by Crippen LogP contribution is 2.33. The summed E-state index contributed by atoms with van der Waals surface area (Å²) in [4.78, 5) is 0. The Morgan fingerprint density at radius 2 is 2.43 bits per heavy atom. The van der Waals surface area contributed by atoms with E-state index >= 15 is 0 Å². The molecule has 0 aliphatic carbocycles. The Bertz CT molecular complexity index is 301. The number of terminal acetylenes is 1. The van der Waals surface area contributed by atoms with Gasteiger partial charge in [-0.2, -0.15) is 0 Å². The lowest BCUT2D eigenvalue weighted by Crippen LogP contribution is -2.23. The second kappa shape index (κ2) is 4.69. The van der Waals surface area contributed by atoms with Gasteiger partial charge < -0.3 is 10.4 Å². The lowest BCUT2D eigenvalue weighted by atomic mass is 9.80. The topological polar surface area (TPSA) is 32.3 Å². The summed E-state index contributed by atoms with van der Waals surface area (Å²) >= 11 is 0. The highest BCUT2D eigenvalue weighted by Gasteiger charge is 2.33. The summed E-state index contributed by atoms with van der Waals surface area (Å²) in [5.41, 5.74) is 0.733. The van der Waals surface area contributed by atoms with Crippen molar-refractivity contribution in [1.82, 2.24) is 5.32 Å². The molecule has 2 N–H and O–H groups in total. The molecule has 1 unspecified atom stereocenters. The molecule has 1 aliphatic heterocycles. The molecule has 0 radical (unpaired) electrons. The van der Waals surface area contributed by atoms with Crippen LogP contribution in [0.4, 0.5) is 0 Å². The monoisotopic (exact) mass is 189 g/mol. The van der Waals surface area contributed by atoms with Gasteiger partial charge in [-0.25, -0.2) is 0 Å². The maximum absolute atomic E-state index is 8.58. The van der Waals surface area contributed by atoms with Crippen molar-refractivity contribution in [3.8, 4) is 12.3 Å².